The first-order valence-corrected chi connectivity index (χ1v) is 7.83. The Kier molecular flexibility index (Phi) is 3.94. The highest BCUT2D eigenvalue weighted by molar-refractivity contribution is 9.10. The lowest BCUT2D eigenvalue weighted by molar-refractivity contribution is -0.125. The highest BCUT2D eigenvalue weighted by Gasteiger charge is 2.42. The quantitative estimate of drug-likeness (QED) is 0.844. The maximum atomic E-state index is 12.2. The molecule has 1 aliphatic heterocycles. The summed E-state index contributed by atoms with van der Waals surface area (Å²) in [6.45, 7) is 1.50. The van der Waals surface area contributed by atoms with Crippen molar-refractivity contribution in [2.75, 3.05) is 13.1 Å². The first-order valence-electron chi connectivity index (χ1n) is 7.04. The van der Waals surface area contributed by atoms with Crippen LogP contribution in [0.4, 0.5) is 0 Å². The van der Waals surface area contributed by atoms with Crippen LogP contribution >= 0.6 is 15.9 Å². The van der Waals surface area contributed by atoms with Gasteiger partial charge in [-0.1, -0.05) is 28.1 Å². The van der Waals surface area contributed by atoms with Gasteiger partial charge in [-0.05, 0) is 42.5 Å². The van der Waals surface area contributed by atoms with Crippen LogP contribution in [0.2, 0.25) is 0 Å². The summed E-state index contributed by atoms with van der Waals surface area (Å²) in [6, 6.07) is 7.86. The van der Waals surface area contributed by atoms with Crippen LogP contribution in [0.5, 0.6) is 0 Å². The average molecular weight is 336 g/mol. The Morgan fingerprint density at radius 3 is 2.70 bits per heavy atom. The Hall–Kier alpha value is -1.13. The van der Waals surface area contributed by atoms with Gasteiger partial charge in [-0.3, -0.25) is 4.79 Å². The number of hydrogen-bond donors (Lipinski definition) is 1. The zero-order chi connectivity index (χ0) is 14.1. The minimum absolute atomic E-state index is 0.0505. The number of rotatable bonds is 2. The molecule has 2 aliphatic rings. The first-order chi connectivity index (χ1) is 9.63. The molecule has 2 fully saturated rings. The molecule has 0 spiro atoms. The number of likely N-dealkylation sites (tertiary alicyclic amines) is 1. The monoisotopic (exact) mass is 335 g/mol. The van der Waals surface area contributed by atoms with Crippen molar-refractivity contribution >= 4 is 27.9 Å². The van der Waals surface area contributed by atoms with E-state index in [1.54, 1.807) is 6.08 Å². The summed E-state index contributed by atoms with van der Waals surface area (Å²) in [5, 5.41) is 9.87. The Morgan fingerprint density at radius 1 is 1.25 bits per heavy atom. The van der Waals surface area contributed by atoms with Gasteiger partial charge in [0.2, 0.25) is 5.91 Å². The largest absolute Gasteiger partial charge is 0.393 e. The van der Waals surface area contributed by atoms with Gasteiger partial charge in [0.05, 0.1) is 6.10 Å². The van der Waals surface area contributed by atoms with Crippen molar-refractivity contribution in [1.29, 1.82) is 0 Å². The maximum absolute atomic E-state index is 12.2. The smallest absolute Gasteiger partial charge is 0.246 e. The van der Waals surface area contributed by atoms with Crippen LogP contribution in [0.25, 0.3) is 6.08 Å². The Bertz CT molecular complexity index is 526. The van der Waals surface area contributed by atoms with Gasteiger partial charge in [-0.2, -0.15) is 0 Å². The zero-order valence-electron chi connectivity index (χ0n) is 11.2. The first kappa shape index (κ1) is 13.8. The third-order valence-corrected chi connectivity index (χ3v) is 4.95. The lowest BCUT2D eigenvalue weighted by atomic mass is 10.00. The van der Waals surface area contributed by atoms with Crippen molar-refractivity contribution in [2.45, 2.75) is 18.9 Å². The number of benzene rings is 1. The van der Waals surface area contributed by atoms with Crippen LogP contribution in [0.3, 0.4) is 0 Å². The van der Waals surface area contributed by atoms with Crippen LogP contribution in [-0.4, -0.2) is 35.1 Å². The Morgan fingerprint density at radius 2 is 2.00 bits per heavy atom. The molecule has 4 heteroatoms. The summed E-state index contributed by atoms with van der Waals surface area (Å²) < 4.78 is 1.03. The van der Waals surface area contributed by atoms with E-state index in [2.05, 4.69) is 15.9 Å². The molecule has 1 N–H and O–H groups in total. The molecule has 0 aromatic heterocycles. The second kappa shape index (κ2) is 5.70. The molecule has 0 radical (unpaired) electrons. The fourth-order valence-electron chi connectivity index (χ4n) is 3.26. The second-order valence-electron chi connectivity index (χ2n) is 5.70. The number of aliphatic hydroxyl groups excluding tert-OH is 1. The minimum atomic E-state index is -0.215. The number of amides is 1. The summed E-state index contributed by atoms with van der Waals surface area (Å²) in [7, 11) is 0. The molecular formula is C16H18BrNO2. The molecule has 3 unspecified atom stereocenters. The highest BCUT2D eigenvalue weighted by atomic mass is 79.9. The Labute approximate surface area is 127 Å². The van der Waals surface area contributed by atoms with Crippen molar-refractivity contribution in [2.24, 2.45) is 11.8 Å². The zero-order valence-corrected chi connectivity index (χ0v) is 12.8. The fourth-order valence-corrected chi connectivity index (χ4v) is 3.53. The maximum Gasteiger partial charge on any atom is 0.246 e. The molecule has 1 aromatic carbocycles. The third kappa shape index (κ3) is 2.81. The van der Waals surface area contributed by atoms with Gasteiger partial charge in [0.25, 0.3) is 0 Å². The number of aliphatic hydroxyl groups is 1. The molecule has 3 nitrogen and oxygen atoms in total. The van der Waals surface area contributed by atoms with Gasteiger partial charge < -0.3 is 10.0 Å². The molecule has 20 heavy (non-hydrogen) atoms. The van der Waals surface area contributed by atoms with Crippen LogP contribution in [0.1, 0.15) is 18.4 Å². The van der Waals surface area contributed by atoms with E-state index in [-0.39, 0.29) is 12.0 Å². The predicted octanol–water partition coefficient (Wildman–Crippen LogP) is 2.69. The van der Waals surface area contributed by atoms with Gasteiger partial charge in [0.15, 0.2) is 0 Å². The highest BCUT2D eigenvalue weighted by Crippen LogP contribution is 2.38. The van der Waals surface area contributed by atoms with E-state index >= 15 is 0 Å². The lowest BCUT2D eigenvalue weighted by Gasteiger charge is -2.16. The summed E-state index contributed by atoms with van der Waals surface area (Å²) in [5.41, 5.74) is 1.01. The summed E-state index contributed by atoms with van der Waals surface area (Å²) >= 11 is 3.39. The van der Waals surface area contributed by atoms with Crippen molar-refractivity contribution in [3.8, 4) is 0 Å². The van der Waals surface area contributed by atoms with Crippen LogP contribution in [0.15, 0.2) is 34.8 Å². The second-order valence-corrected chi connectivity index (χ2v) is 6.61. The molecule has 1 saturated carbocycles. The van der Waals surface area contributed by atoms with E-state index in [9.17, 15) is 9.90 Å². The Balaban J connectivity index is 1.61. The molecule has 1 aromatic rings. The van der Waals surface area contributed by atoms with E-state index in [0.29, 0.717) is 18.4 Å². The lowest BCUT2D eigenvalue weighted by Crippen LogP contribution is -2.29. The van der Waals surface area contributed by atoms with Gasteiger partial charge in [0.1, 0.15) is 0 Å². The number of fused-ring (bicyclic) bond motifs is 1. The van der Waals surface area contributed by atoms with E-state index in [1.807, 2.05) is 35.2 Å². The van der Waals surface area contributed by atoms with Gasteiger partial charge in [-0.15, -0.1) is 0 Å². The van der Waals surface area contributed by atoms with Gasteiger partial charge in [-0.25, -0.2) is 0 Å². The van der Waals surface area contributed by atoms with Gasteiger partial charge in [0, 0.05) is 29.6 Å². The van der Waals surface area contributed by atoms with Crippen molar-refractivity contribution < 1.29 is 9.90 Å². The third-order valence-electron chi connectivity index (χ3n) is 4.42. The van der Waals surface area contributed by atoms with Crippen LogP contribution in [0, 0.1) is 11.8 Å². The normalized spacial score (nSPS) is 29.1. The van der Waals surface area contributed by atoms with E-state index in [1.165, 1.54) is 0 Å². The summed E-state index contributed by atoms with van der Waals surface area (Å²) in [6.07, 6.45) is 5.21. The van der Waals surface area contributed by atoms with Crippen LogP contribution in [-0.2, 0) is 4.79 Å². The molecule has 106 valence electrons. The van der Waals surface area contributed by atoms with E-state index < -0.39 is 0 Å². The minimum Gasteiger partial charge on any atom is -0.393 e. The standard InChI is InChI=1S/C16H18BrNO2/c17-13-5-1-11(2-6-13)3-8-16(20)18-9-12-4-7-15(19)14(12)10-18/h1-3,5-6,8,12,14-15,19H,4,7,9-10H2/b8-3+. The topological polar surface area (TPSA) is 40.5 Å². The number of hydrogen-bond acceptors (Lipinski definition) is 2. The summed E-state index contributed by atoms with van der Waals surface area (Å²) in [5.74, 6) is 0.838. The molecule has 1 amide bonds. The van der Waals surface area contributed by atoms with Crippen molar-refractivity contribution in [1.82, 2.24) is 4.90 Å². The molecule has 1 aliphatic carbocycles. The molecule has 1 heterocycles. The average Bonchev–Trinajstić information content (AvgIpc) is 3.01. The fraction of sp³-hybridized carbons (Fsp3) is 0.438. The SMILES string of the molecule is O=C(/C=C/c1ccc(Br)cc1)N1CC2CCC(O)C2C1. The van der Waals surface area contributed by atoms with Crippen LogP contribution < -0.4 is 0 Å². The molecule has 1 saturated heterocycles. The molecular weight excluding hydrogens is 318 g/mol. The van der Waals surface area contributed by atoms with E-state index in [4.69, 9.17) is 0 Å². The molecule has 0 bridgehead atoms. The van der Waals surface area contributed by atoms with Gasteiger partial charge >= 0.3 is 0 Å². The van der Waals surface area contributed by atoms with Crippen molar-refractivity contribution in [3.05, 3.63) is 40.4 Å². The molecule has 3 atom stereocenters. The number of carbonyl (C=O) groups excluding carboxylic acids is 1. The summed E-state index contributed by atoms with van der Waals surface area (Å²) in [4.78, 5) is 14.0. The molecule has 3 rings (SSSR count). The predicted molar refractivity (Wildman–Crippen MR) is 82.0 cm³/mol. The van der Waals surface area contributed by atoms with Crippen molar-refractivity contribution in [3.63, 3.8) is 0 Å². The van der Waals surface area contributed by atoms with E-state index in [0.717, 1.165) is 29.4 Å². The number of nitrogens with zero attached hydrogens (tertiary/aromatic N) is 1. The number of halogens is 1. The number of carbonyl (C=O) groups is 1.